The van der Waals surface area contributed by atoms with Crippen LogP contribution in [0, 0.1) is 5.92 Å². The fraction of sp³-hybridized carbons (Fsp3) is 0.435. The highest BCUT2D eigenvalue weighted by Gasteiger charge is 2.41. The highest BCUT2D eigenvalue weighted by atomic mass is 32.1. The van der Waals surface area contributed by atoms with Crippen LogP contribution in [0.2, 0.25) is 0 Å². The van der Waals surface area contributed by atoms with Gasteiger partial charge in [-0.2, -0.15) is 0 Å². The summed E-state index contributed by atoms with van der Waals surface area (Å²) >= 11 is 3.54. The van der Waals surface area contributed by atoms with Crippen molar-refractivity contribution in [3.8, 4) is 0 Å². The van der Waals surface area contributed by atoms with Crippen molar-refractivity contribution in [1.29, 1.82) is 0 Å². The van der Waals surface area contributed by atoms with Gasteiger partial charge in [0.2, 0.25) is 5.91 Å². The summed E-state index contributed by atoms with van der Waals surface area (Å²) in [6.45, 7) is 0. The number of thiophene rings is 2. The van der Waals surface area contributed by atoms with Crippen LogP contribution in [0.5, 0.6) is 0 Å². The van der Waals surface area contributed by atoms with Gasteiger partial charge in [0.25, 0.3) is 0 Å². The summed E-state index contributed by atoms with van der Waals surface area (Å²) in [4.78, 5) is 16.1. The predicted octanol–water partition coefficient (Wildman–Crippen LogP) is 6.30. The van der Waals surface area contributed by atoms with Crippen LogP contribution in [0.4, 0.5) is 0 Å². The number of amides is 1. The molecule has 1 atom stereocenters. The molecule has 0 aromatic carbocycles. The number of nitrogens with zero attached hydrogens (tertiary/aromatic N) is 1. The third kappa shape index (κ3) is 3.35. The third-order valence-corrected chi connectivity index (χ3v) is 7.96. The smallest absolute Gasteiger partial charge is 0.244 e. The lowest BCUT2D eigenvalue weighted by Crippen LogP contribution is -2.44. The molecule has 3 nitrogen and oxygen atoms in total. The summed E-state index contributed by atoms with van der Waals surface area (Å²) in [6, 6.07) is 8.63. The molecule has 0 spiro atoms. The summed E-state index contributed by atoms with van der Waals surface area (Å²) in [5, 5.41) is 6.24. The SMILES string of the molecule is O=C(C1CCCCC1)N1NC2=C(CCC/C2=C\c2cccs2)[C@@H]1c1cccs1. The second-order valence-electron chi connectivity index (χ2n) is 8.01. The Balaban J connectivity index is 1.51. The Hall–Kier alpha value is -1.85. The van der Waals surface area contributed by atoms with Gasteiger partial charge in [-0.25, -0.2) is 5.01 Å². The number of hydrazine groups is 1. The molecule has 2 aromatic rings. The van der Waals surface area contributed by atoms with Crippen LogP contribution in [0.15, 0.2) is 51.9 Å². The molecule has 5 rings (SSSR count). The normalized spacial score (nSPS) is 24.5. The third-order valence-electron chi connectivity index (χ3n) is 6.22. The van der Waals surface area contributed by atoms with E-state index in [0.717, 1.165) is 32.1 Å². The molecule has 0 unspecified atom stereocenters. The van der Waals surface area contributed by atoms with Crippen molar-refractivity contribution in [3.63, 3.8) is 0 Å². The maximum absolute atomic E-state index is 13.5. The van der Waals surface area contributed by atoms with Gasteiger partial charge in [-0.3, -0.25) is 10.2 Å². The van der Waals surface area contributed by atoms with Crippen molar-refractivity contribution < 1.29 is 4.79 Å². The minimum Gasteiger partial charge on any atom is -0.295 e. The number of hydrogen-bond acceptors (Lipinski definition) is 4. The van der Waals surface area contributed by atoms with E-state index in [1.54, 1.807) is 22.7 Å². The molecule has 1 amide bonds. The number of hydrogen-bond donors (Lipinski definition) is 1. The molecule has 0 bridgehead atoms. The van der Waals surface area contributed by atoms with Gasteiger partial charge in [-0.15, -0.1) is 22.7 Å². The molecule has 1 N–H and O–H groups in total. The first-order valence-corrected chi connectivity index (χ1v) is 12.2. The quantitative estimate of drug-likeness (QED) is 0.644. The Kier molecular flexibility index (Phi) is 5.12. The van der Waals surface area contributed by atoms with Crippen molar-refractivity contribution >= 4 is 34.7 Å². The predicted molar refractivity (Wildman–Crippen MR) is 117 cm³/mol. The van der Waals surface area contributed by atoms with E-state index in [0.29, 0.717) is 5.91 Å². The van der Waals surface area contributed by atoms with E-state index in [1.165, 1.54) is 45.9 Å². The van der Waals surface area contributed by atoms with Crippen molar-refractivity contribution in [2.24, 2.45) is 5.92 Å². The number of carbonyl (C=O) groups excluding carboxylic acids is 1. The maximum Gasteiger partial charge on any atom is 0.244 e. The average molecular weight is 411 g/mol. The molecule has 28 heavy (non-hydrogen) atoms. The minimum atomic E-state index is 0.0662. The molecule has 3 aliphatic rings. The first kappa shape index (κ1) is 18.2. The lowest BCUT2D eigenvalue weighted by Gasteiger charge is -2.31. The topological polar surface area (TPSA) is 32.3 Å². The van der Waals surface area contributed by atoms with E-state index in [4.69, 9.17) is 0 Å². The highest BCUT2D eigenvalue weighted by molar-refractivity contribution is 7.10. The van der Waals surface area contributed by atoms with E-state index in [-0.39, 0.29) is 12.0 Å². The summed E-state index contributed by atoms with van der Waals surface area (Å²) in [5.74, 6) is 0.470. The highest BCUT2D eigenvalue weighted by Crippen LogP contribution is 2.46. The van der Waals surface area contributed by atoms with Gasteiger partial charge in [0.15, 0.2) is 0 Å². The van der Waals surface area contributed by atoms with Crippen molar-refractivity contribution in [2.45, 2.75) is 57.4 Å². The minimum absolute atomic E-state index is 0.0662. The molecule has 1 saturated carbocycles. The molecule has 146 valence electrons. The Morgan fingerprint density at radius 1 is 1.04 bits per heavy atom. The summed E-state index contributed by atoms with van der Waals surface area (Å²) < 4.78 is 0. The van der Waals surface area contributed by atoms with E-state index in [2.05, 4.69) is 46.5 Å². The Labute approximate surface area is 174 Å². The van der Waals surface area contributed by atoms with Gasteiger partial charge < -0.3 is 0 Å². The van der Waals surface area contributed by atoms with Crippen molar-refractivity contribution in [2.75, 3.05) is 0 Å². The molecular formula is C23H26N2OS2. The molecular weight excluding hydrogens is 384 g/mol. The average Bonchev–Trinajstić information content (AvgIpc) is 3.48. The van der Waals surface area contributed by atoms with Gasteiger partial charge in [-0.05, 0) is 72.2 Å². The number of carbonyl (C=O) groups is 1. The molecule has 0 saturated heterocycles. The molecule has 3 heterocycles. The fourth-order valence-corrected chi connectivity index (χ4v) is 6.38. The lowest BCUT2D eigenvalue weighted by atomic mass is 9.86. The summed E-state index contributed by atoms with van der Waals surface area (Å²) in [6.07, 6.45) is 11.3. The molecule has 2 aliphatic carbocycles. The van der Waals surface area contributed by atoms with Gasteiger partial charge in [0.1, 0.15) is 6.04 Å². The monoisotopic (exact) mass is 410 g/mol. The Morgan fingerprint density at radius 3 is 2.61 bits per heavy atom. The van der Waals surface area contributed by atoms with E-state index >= 15 is 0 Å². The molecule has 5 heteroatoms. The Morgan fingerprint density at radius 2 is 1.86 bits per heavy atom. The summed E-state index contributed by atoms with van der Waals surface area (Å²) in [7, 11) is 0. The molecule has 1 aliphatic heterocycles. The molecule has 0 radical (unpaired) electrons. The lowest BCUT2D eigenvalue weighted by molar-refractivity contribution is -0.140. The number of nitrogens with one attached hydrogen (secondary N) is 1. The summed E-state index contributed by atoms with van der Waals surface area (Å²) in [5.41, 5.74) is 7.56. The first-order valence-electron chi connectivity index (χ1n) is 10.4. The zero-order valence-corrected chi connectivity index (χ0v) is 17.7. The zero-order chi connectivity index (χ0) is 18.9. The van der Waals surface area contributed by atoms with Crippen LogP contribution in [-0.2, 0) is 4.79 Å². The van der Waals surface area contributed by atoms with E-state index < -0.39 is 0 Å². The van der Waals surface area contributed by atoms with Gasteiger partial charge in [0, 0.05) is 15.7 Å². The fourth-order valence-electron chi connectivity index (χ4n) is 4.85. The molecule has 2 aromatic heterocycles. The van der Waals surface area contributed by atoms with Crippen LogP contribution in [0.25, 0.3) is 6.08 Å². The van der Waals surface area contributed by atoms with Crippen LogP contribution in [-0.4, -0.2) is 10.9 Å². The standard InChI is InChI=1S/C23H26N2OS2/c26-23(16-7-2-1-3-8-16)25-22(20-12-6-14-28-20)19-11-4-9-17(21(19)24-25)15-18-10-5-13-27-18/h5-6,10,12-16,22,24H,1-4,7-9,11H2/b17-15+/t22-/m1/s1. The van der Waals surface area contributed by atoms with Gasteiger partial charge in [0.05, 0.1) is 5.70 Å². The van der Waals surface area contributed by atoms with Crippen LogP contribution in [0.3, 0.4) is 0 Å². The van der Waals surface area contributed by atoms with Crippen molar-refractivity contribution in [3.05, 3.63) is 61.6 Å². The maximum atomic E-state index is 13.5. The van der Waals surface area contributed by atoms with Crippen LogP contribution in [0.1, 0.15) is 67.2 Å². The zero-order valence-electron chi connectivity index (χ0n) is 16.0. The van der Waals surface area contributed by atoms with Gasteiger partial charge >= 0.3 is 0 Å². The number of rotatable bonds is 3. The second kappa shape index (κ2) is 7.88. The van der Waals surface area contributed by atoms with Crippen LogP contribution < -0.4 is 5.43 Å². The largest absolute Gasteiger partial charge is 0.295 e. The number of allylic oxidation sites excluding steroid dienone is 1. The van der Waals surface area contributed by atoms with E-state index in [1.807, 2.05) is 5.01 Å². The van der Waals surface area contributed by atoms with Crippen molar-refractivity contribution in [1.82, 2.24) is 10.4 Å². The second-order valence-corrected chi connectivity index (χ2v) is 9.97. The van der Waals surface area contributed by atoms with E-state index in [9.17, 15) is 4.79 Å². The van der Waals surface area contributed by atoms with Gasteiger partial charge in [-0.1, -0.05) is 31.4 Å². The van der Waals surface area contributed by atoms with Crippen LogP contribution >= 0.6 is 22.7 Å². The molecule has 1 fully saturated rings. The Bertz CT molecular complexity index is 889. The first-order chi connectivity index (χ1) is 13.8.